The van der Waals surface area contributed by atoms with Crippen LogP contribution in [0.4, 0.5) is 10.5 Å². The zero-order valence-electron chi connectivity index (χ0n) is 12.4. The summed E-state index contributed by atoms with van der Waals surface area (Å²) < 4.78 is 23.3. The molecule has 5 nitrogen and oxygen atoms in total. The van der Waals surface area contributed by atoms with Gasteiger partial charge in [0.15, 0.2) is 9.84 Å². The first-order chi connectivity index (χ1) is 9.14. The Balaban J connectivity index is 2.65. The average Bonchev–Trinajstić information content (AvgIpc) is 2.36. The van der Waals surface area contributed by atoms with E-state index in [0.717, 1.165) is 0 Å². The summed E-state index contributed by atoms with van der Waals surface area (Å²) in [6.07, 6.45) is 0. The molecular weight excluding hydrogens is 276 g/mol. The fourth-order valence-corrected chi connectivity index (χ4v) is 2.32. The number of carbonyl (C=O) groups is 1. The molecule has 0 saturated carbocycles. The maximum Gasteiger partial charge on any atom is 0.319 e. The zero-order chi connectivity index (χ0) is 15.4. The lowest BCUT2D eigenvalue weighted by molar-refractivity contribution is 0.247. The fraction of sp³-hybridized carbons (Fsp3) is 0.500. The largest absolute Gasteiger partial charge is 0.337 e. The number of amides is 2. The Labute approximate surface area is 120 Å². The van der Waals surface area contributed by atoms with E-state index in [-0.39, 0.29) is 22.1 Å². The van der Waals surface area contributed by atoms with Crippen LogP contribution in [0.5, 0.6) is 0 Å². The molecular formula is C14H22N2O3S. The molecule has 0 heterocycles. The number of nitrogens with one attached hydrogen (secondary N) is 2. The molecule has 0 atom stereocenters. The number of benzene rings is 1. The van der Waals surface area contributed by atoms with E-state index in [1.807, 2.05) is 20.8 Å². The van der Waals surface area contributed by atoms with Crippen molar-refractivity contribution in [3.8, 4) is 0 Å². The molecule has 6 heteroatoms. The van der Waals surface area contributed by atoms with E-state index in [1.54, 1.807) is 19.1 Å². The lowest BCUT2D eigenvalue weighted by atomic mass is 9.97. The van der Waals surface area contributed by atoms with Gasteiger partial charge in [-0.3, -0.25) is 0 Å². The molecule has 0 aliphatic carbocycles. The molecule has 0 bridgehead atoms. The third-order valence-electron chi connectivity index (χ3n) is 2.63. The van der Waals surface area contributed by atoms with E-state index in [1.165, 1.54) is 12.1 Å². The Bertz CT molecular complexity index is 557. The highest BCUT2D eigenvalue weighted by Crippen LogP contribution is 2.15. The van der Waals surface area contributed by atoms with Gasteiger partial charge in [0, 0.05) is 12.2 Å². The molecule has 20 heavy (non-hydrogen) atoms. The van der Waals surface area contributed by atoms with Gasteiger partial charge >= 0.3 is 6.03 Å². The zero-order valence-corrected chi connectivity index (χ0v) is 13.2. The highest BCUT2D eigenvalue weighted by Gasteiger charge is 2.13. The fourth-order valence-electron chi connectivity index (χ4n) is 1.43. The highest BCUT2D eigenvalue weighted by atomic mass is 32.2. The van der Waals surface area contributed by atoms with Crippen molar-refractivity contribution in [2.45, 2.75) is 32.6 Å². The summed E-state index contributed by atoms with van der Waals surface area (Å²) >= 11 is 0. The third kappa shape index (κ3) is 5.21. The molecule has 1 aromatic rings. The lowest BCUT2D eigenvalue weighted by Crippen LogP contribution is -2.35. The average molecular weight is 298 g/mol. The molecule has 0 aliphatic rings. The highest BCUT2D eigenvalue weighted by molar-refractivity contribution is 7.91. The minimum Gasteiger partial charge on any atom is -0.337 e. The molecule has 0 aromatic heterocycles. The second-order valence-electron chi connectivity index (χ2n) is 5.80. The minimum absolute atomic E-state index is 0.0103. The van der Waals surface area contributed by atoms with Crippen LogP contribution in [0, 0.1) is 5.41 Å². The van der Waals surface area contributed by atoms with Crippen molar-refractivity contribution in [3.63, 3.8) is 0 Å². The summed E-state index contributed by atoms with van der Waals surface area (Å²) in [5, 5.41) is 5.43. The van der Waals surface area contributed by atoms with Gasteiger partial charge in [-0.25, -0.2) is 13.2 Å². The van der Waals surface area contributed by atoms with Gasteiger partial charge in [0.25, 0.3) is 0 Å². The Morgan fingerprint density at radius 2 is 1.70 bits per heavy atom. The van der Waals surface area contributed by atoms with Crippen molar-refractivity contribution in [2.75, 3.05) is 17.6 Å². The summed E-state index contributed by atoms with van der Waals surface area (Å²) in [6.45, 7) is 8.23. The van der Waals surface area contributed by atoms with Gasteiger partial charge in [-0.05, 0) is 29.7 Å². The maximum absolute atomic E-state index is 11.7. The summed E-state index contributed by atoms with van der Waals surface area (Å²) in [6, 6.07) is 5.86. The van der Waals surface area contributed by atoms with Crippen LogP contribution in [0.3, 0.4) is 0 Å². The molecule has 2 N–H and O–H groups in total. The molecule has 112 valence electrons. The van der Waals surface area contributed by atoms with Crippen molar-refractivity contribution in [1.29, 1.82) is 0 Å². The van der Waals surface area contributed by atoms with E-state index >= 15 is 0 Å². The number of sulfone groups is 1. The summed E-state index contributed by atoms with van der Waals surface area (Å²) in [5.41, 5.74) is 0.572. The van der Waals surface area contributed by atoms with Gasteiger partial charge < -0.3 is 10.6 Å². The summed E-state index contributed by atoms with van der Waals surface area (Å²) in [4.78, 5) is 11.9. The van der Waals surface area contributed by atoms with Crippen molar-refractivity contribution < 1.29 is 13.2 Å². The number of carbonyl (C=O) groups excluding carboxylic acids is 1. The molecule has 0 radical (unpaired) electrons. The van der Waals surface area contributed by atoms with Gasteiger partial charge in [0.2, 0.25) is 0 Å². The first kappa shape index (κ1) is 16.5. The van der Waals surface area contributed by atoms with Crippen LogP contribution >= 0.6 is 0 Å². The number of urea groups is 1. The van der Waals surface area contributed by atoms with E-state index in [2.05, 4.69) is 10.6 Å². The normalized spacial score (nSPS) is 12.0. The number of anilines is 1. The first-order valence-corrected chi connectivity index (χ1v) is 8.17. The Morgan fingerprint density at radius 3 is 2.15 bits per heavy atom. The minimum atomic E-state index is -3.20. The van der Waals surface area contributed by atoms with E-state index < -0.39 is 9.84 Å². The van der Waals surface area contributed by atoms with Gasteiger partial charge in [-0.2, -0.15) is 0 Å². The quantitative estimate of drug-likeness (QED) is 0.897. The van der Waals surface area contributed by atoms with Crippen molar-refractivity contribution in [3.05, 3.63) is 24.3 Å². The molecule has 0 unspecified atom stereocenters. The second-order valence-corrected chi connectivity index (χ2v) is 8.07. The Kier molecular flexibility index (Phi) is 5.16. The standard InChI is InChI=1S/C14H22N2O3S/c1-5-20(18,19)12-8-6-11(7-9-12)16-13(17)15-10-14(2,3)4/h6-9H,5,10H2,1-4H3,(H2,15,16,17). The maximum atomic E-state index is 11.7. The van der Waals surface area contributed by atoms with Crippen LogP contribution in [0.2, 0.25) is 0 Å². The molecule has 0 spiro atoms. The van der Waals surface area contributed by atoms with Crippen LogP contribution in [0.15, 0.2) is 29.2 Å². The van der Waals surface area contributed by atoms with Crippen LogP contribution < -0.4 is 10.6 Å². The molecule has 0 aliphatic heterocycles. The second kappa shape index (κ2) is 6.26. The van der Waals surface area contributed by atoms with Crippen LogP contribution in [0.1, 0.15) is 27.7 Å². The Morgan fingerprint density at radius 1 is 1.15 bits per heavy atom. The lowest BCUT2D eigenvalue weighted by Gasteiger charge is -2.18. The van der Waals surface area contributed by atoms with E-state index in [0.29, 0.717) is 12.2 Å². The van der Waals surface area contributed by atoms with Gasteiger partial charge in [0.1, 0.15) is 0 Å². The van der Waals surface area contributed by atoms with Gasteiger partial charge in [-0.15, -0.1) is 0 Å². The van der Waals surface area contributed by atoms with Crippen LogP contribution in [-0.4, -0.2) is 26.7 Å². The molecule has 1 aromatic carbocycles. The van der Waals surface area contributed by atoms with E-state index in [4.69, 9.17) is 0 Å². The SMILES string of the molecule is CCS(=O)(=O)c1ccc(NC(=O)NCC(C)(C)C)cc1. The topological polar surface area (TPSA) is 75.3 Å². The first-order valence-electron chi connectivity index (χ1n) is 6.52. The number of hydrogen-bond donors (Lipinski definition) is 2. The monoisotopic (exact) mass is 298 g/mol. The van der Waals surface area contributed by atoms with Crippen molar-refractivity contribution in [1.82, 2.24) is 5.32 Å². The van der Waals surface area contributed by atoms with Crippen LogP contribution in [-0.2, 0) is 9.84 Å². The van der Waals surface area contributed by atoms with Crippen LogP contribution in [0.25, 0.3) is 0 Å². The van der Waals surface area contributed by atoms with Gasteiger partial charge in [-0.1, -0.05) is 27.7 Å². The van der Waals surface area contributed by atoms with E-state index in [9.17, 15) is 13.2 Å². The smallest absolute Gasteiger partial charge is 0.319 e. The molecule has 0 fully saturated rings. The summed E-state index contributed by atoms with van der Waals surface area (Å²) in [7, 11) is -3.20. The predicted octanol–water partition coefficient (Wildman–Crippen LogP) is 2.65. The van der Waals surface area contributed by atoms with Crippen molar-refractivity contribution >= 4 is 21.6 Å². The molecule has 0 saturated heterocycles. The predicted molar refractivity (Wildman–Crippen MR) is 80.6 cm³/mol. The van der Waals surface area contributed by atoms with Gasteiger partial charge in [0.05, 0.1) is 10.6 Å². The molecule has 2 amide bonds. The summed E-state index contributed by atoms with van der Waals surface area (Å²) in [5.74, 6) is 0.0614. The van der Waals surface area contributed by atoms with Crippen molar-refractivity contribution in [2.24, 2.45) is 5.41 Å². The molecule has 1 rings (SSSR count). The number of hydrogen-bond acceptors (Lipinski definition) is 3. The third-order valence-corrected chi connectivity index (χ3v) is 4.38. The number of rotatable bonds is 4. The Hall–Kier alpha value is -1.56.